The van der Waals surface area contributed by atoms with Crippen molar-refractivity contribution < 1.29 is 9.52 Å². The molecule has 0 spiro atoms. The van der Waals surface area contributed by atoms with E-state index in [2.05, 4.69) is 14.9 Å². The van der Waals surface area contributed by atoms with Crippen molar-refractivity contribution in [2.24, 2.45) is 0 Å². The number of furan rings is 1. The average molecular weight is 247 g/mol. The zero-order valence-corrected chi connectivity index (χ0v) is 10.2. The highest BCUT2D eigenvalue weighted by atomic mass is 16.3. The molecule has 3 heterocycles. The van der Waals surface area contributed by atoms with E-state index >= 15 is 0 Å². The molecule has 0 saturated carbocycles. The zero-order chi connectivity index (χ0) is 12.4. The Bertz CT molecular complexity index is 517. The summed E-state index contributed by atoms with van der Waals surface area (Å²) in [5.41, 5.74) is 1.93. The predicted molar refractivity (Wildman–Crippen MR) is 66.0 cm³/mol. The summed E-state index contributed by atoms with van der Waals surface area (Å²) >= 11 is 0. The van der Waals surface area contributed by atoms with Crippen LogP contribution in [0.2, 0.25) is 0 Å². The highest BCUT2D eigenvalue weighted by Crippen LogP contribution is 2.17. The molecule has 96 valence electrons. The largest absolute Gasteiger partial charge is 0.469 e. The standard InChI is InChI=1S/C13H17N3O2/c17-9-11-12-8-14-5-6-16(12)13(15-11)4-3-10-2-1-7-18-10/h1-2,7,14,17H,3-6,8-9H2. The lowest BCUT2D eigenvalue weighted by Gasteiger charge is -2.18. The molecule has 0 bridgehead atoms. The van der Waals surface area contributed by atoms with Crippen LogP contribution in [0, 0.1) is 0 Å². The van der Waals surface area contributed by atoms with Crippen LogP contribution >= 0.6 is 0 Å². The van der Waals surface area contributed by atoms with Crippen molar-refractivity contribution >= 4 is 0 Å². The molecule has 1 aliphatic heterocycles. The van der Waals surface area contributed by atoms with E-state index in [1.807, 2.05) is 12.1 Å². The molecular weight excluding hydrogens is 230 g/mol. The van der Waals surface area contributed by atoms with E-state index in [1.165, 1.54) is 0 Å². The first-order valence-corrected chi connectivity index (χ1v) is 6.29. The van der Waals surface area contributed by atoms with Crippen molar-refractivity contribution in [3.63, 3.8) is 0 Å². The van der Waals surface area contributed by atoms with Gasteiger partial charge in [-0.15, -0.1) is 0 Å². The van der Waals surface area contributed by atoms with Gasteiger partial charge in [0.05, 0.1) is 24.3 Å². The molecular formula is C13H17N3O2. The van der Waals surface area contributed by atoms with Gasteiger partial charge in [0.25, 0.3) is 0 Å². The molecule has 0 unspecified atom stereocenters. The monoisotopic (exact) mass is 247 g/mol. The fourth-order valence-electron chi connectivity index (χ4n) is 2.46. The van der Waals surface area contributed by atoms with Crippen molar-refractivity contribution in [2.75, 3.05) is 6.54 Å². The van der Waals surface area contributed by atoms with E-state index < -0.39 is 0 Å². The molecule has 5 heteroatoms. The number of fused-ring (bicyclic) bond motifs is 1. The van der Waals surface area contributed by atoms with Crippen LogP contribution in [0.5, 0.6) is 0 Å². The highest BCUT2D eigenvalue weighted by Gasteiger charge is 2.18. The van der Waals surface area contributed by atoms with Crippen LogP contribution in [0.1, 0.15) is 23.0 Å². The minimum absolute atomic E-state index is 0.0117. The number of imidazole rings is 1. The molecule has 0 amide bonds. The van der Waals surface area contributed by atoms with Gasteiger partial charge in [0.15, 0.2) is 0 Å². The van der Waals surface area contributed by atoms with Crippen molar-refractivity contribution in [2.45, 2.75) is 32.5 Å². The lowest BCUT2D eigenvalue weighted by molar-refractivity contribution is 0.274. The SMILES string of the molecule is OCc1nc(CCc2ccco2)n2c1CNCC2. The van der Waals surface area contributed by atoms with Crippen LogP contribution in [0.25, 0.3) is 0 Å². The average Bonchev–Trinajstić information content (AvgIpc) is 3.04. The Labute approximate surface area is 105 Å². The van der Waals surface area contributed by atoms with Crippen LogP contribution < -0.4 is 5.32 Å². The van der Waals surface area contributed by atoms with E-state index in [4.69, 9.17) is 4.42 Å². The summed E-state index contributed by atoms with van der Waals surface area (Å²) in [7, 11) is 0. The Morgan fingerprint density at radius 1 is 1.44 bits per heavy atom. The summed E-state index contributed by atoms with van der Waals surface area (Å²) in [6.07, 6.45) is 3.39. The second kappa shape index (κ2) is 4.96. The topological polar surface area (TPSA) is 63.2 Å². The Morgan fingerprint density at radius 2 is 2.39 bits per heavy atom. The number of rotatable bonds is 4. The number of aryl methyl sites for hydroxylation is 2. The maximum atomic E-state index is 9.34. The Balaban J connectivity index is 1.81. The van der Waals surface area contributed by atoms with Crippen LogP contribution in [0.4, 0.5) is 0 Å². The summed E-state index contributed by atoms with van der Waals surface area (Å²) in [5, 5.41) is 12.6. The number of hydrogen-bond acceptors (Lipinski definition) is 4. The summed E-state index contributed by atoms with van der Waals surface area (Å²) in [6.45, 7) is 2.69. The quantitative estimate of drug-likeness (QED) is 0.841. The fourth-order valence-corrected chi connectivity index (χ4v) is 2.46. The third-order valence-corrected chi connectivity index (χ3v) is 3.36. The van der Waals surface area contributed by atoms with Crippen molar-refractivity contribution in [1.82, 2.24) is 14.9 Å². The first-order valence-electron chi connectivity index (χ1n) is 6.29. The molecule has 18 heavy (non-hydrogen) atoms. The van der Waals surface area contributed by atoms with Gasteiger partial charge in [0.1, 0.15) is 11.6 Å². The molecule has 1 aliphatic rings. The summed E-state index contributed by atoms with van der Waals surface area (Å²) in [6, 6.07) is 3.88. The number of nitrogens with one attached hydrogen (secondary N) is 1. The van der Waals surface area contributed by atoms with E-state index in [9.17, 15) is 5.11 Å². The predicted octanol–water partition coefficient (Wildman–Crippen LogP) is 0.857. The van der Waals surface area contributed by atoms with Gasteiger partial charge < -0.3 is 19.4 Å². The number of aromatic nitrogens is 2. The molecule has 0 aromatic carbocycles. The second-order valence-electron chi connectivity index (χ2n) is 4.49. The third-order valence-electron chi connectivity index (χ3n) is 3.36. The Kier molecular flexibility index (Phi) is 3.17. The second-order valence-corrected chi connectivity index (χ2v) is 4.49. The van der Waals surface area contributed by atoms with Gasteiger partial charge in [-0.1, -0.05) is 0 Å². The molecule has 2 aromatic heterocycles. The van der Waals surface area contributed by atoms with E-state index in [1.54, 1.807) is 6.26 Å². The lowest BCUT2D eigenvalue weighted by Crippen LogP contribution is -2.29. The summed E-state index contributed by atoms with van der Waals surface area (Å²) in [5.74, 6) is 2.03. The molecule has 0 fully saturated rings. The van der Waals surface area contributed by atoms with E-state index in [0.717, 1.165) is 55.4 Å². The molecule has 5 nitrogen and oxygen atoms in total. The third kappa shape index (κ3) is 2.07. The van der Waals surface area contributed by atoms with Crippen molar-refractivity contribution in [3.8, 4) is 0 Å². The number of aliphatic hydroxyl groups is 1. The van der Waals surface area contributed by atoms with Crippen molar-refractivity contribution in [1.29, 1.82) is 0 Å². The lowest BCUT2D eigenvalue weighted by atomic mass is 10.2. The van der Waals surface area contributed by atoms with Gasteiger partial charge in [-0.3, -0.25) is 0 Å². The minimum atomic E-state index is 0.0117. The van der Waals surface area contributed by atoms with Crippen LogP contribution in [-0.2, 0) is 32.5 Å². The Hall–Kier alpha value is -1.59. The van der Waals surface area contributed by atoms with Gasteiger partial charge in [-0.25, -0.2) is 4.98 Å². The minimum Gasteiger partial charge on any atom is -0.469 e. The maximum absolute atomic E-state index is 9.34. The van der Waals surface area contributed by atoms with Crippen molar-refractivity contribution in [3.05, 3.63) is 41.4 Å². The van der Waals surface area contributed by atoms with E-state index in [0.29, 0.717) is 0 Å². The zero-order valence-electron chi connectivity index (χ0n) is 10.2. The van der Waals surface area contributed by atoms with Crippen LogP contribution in [0.3, 0.4) is 0 Å². The molecule has 0 aliphatic carbocycles. The number of hydrogen-bond donors (Lipinski definition) is 2. The smallest absolute Gasteiger partial charge is 0.109 e. The normalized spacial score (nSPS) is 14.7. The van der Waals surface area contributed by atoms with Gasteiger partial charge in [0.2, 0.25) is 0 Å². The molecule has 3 rings (SSSR count). The van der Waals surface area contributed by atoms with E-state index in [-0.39, 0.29) is 6.61 Å². The number of aliphatic hydroxyl groups excluding tert-OH is 1. The van der Waals surface area contributed by atoms with Gasteiger partial charge >= 0.3 is 0 Å². The molecule has 2 N–H and O–H groups in total. The number of nitrogens with zero attached hydrogens (tertiary/aromatic N) is 2. The molecule has 2 aromatic rings. The maximum Gasteiger partial charge on any atom is 0.109 e. The fraction of sp³-hybridized carbons (Fsp3) is 0.462. The van der Waals surface area contributed by atoms with Gasteiger partial charge in [0, 0.05) is 32.5 Å². The Morgan fingerprint density at radius 3 is 3.17 bits per heavy atom. The summed E-state index contributed by atoms with van der Waals surface area (Å²) < 4.78 is 7.56. The first-order chi connectivity index (χ1) is 8.88. The molecule has 0 atom stereocenters. The summed E-state index contributed by atoms with van der Waals surface area (Å²) in [4.78, 5) is 4.54. The first kappa shape index (κ1) is 11.5. The van der Waals surface area contributed by atoms with Gasteiger partial charge in [-0.2, -0.15) is 0 Å². The molecule has 0 radical (unpaired) electrons. The van der Waals surface area contributed by atoms with Crippen LogP contribution in [-0.4, -0.2) is 21.2 Å². The van der Waals surface area contributed by atoms with Gasteiger partial charge in [-0.05, 0) is 12.1 Å². The highest BCUT2D eigenvalue weighted by molar-refractivity contribution is 5.19. The van der Waals surface area contributed by atoms with Crippen LogP contribution in [0.15, 0.2) is 22.8 Å². The molecule has 0 saturated heterocycles.